The number of nitrogens with one attached hydrogen (secondary N) is 1. The van der Waals surface area contributed by atoms with Gasteiger partial charge in [0.1, 0.15) is 0 Å². The number of hydrogen-bond acceptors (Lipinski definition) is 2. The summed E-state index contributed by atoms with van der Waals surface area (Å²) in [6.45, 7) is 4.21. The predicted octanol–water partition coefficient (Wildman–Crippen LogP) is 3.59. The molecule has 96 valence electrons. The molecular formula is C16H22N2. The van der Waals surface area contributed by atoms with E-state index in [1.807, 2.05) is 0 Å². The van der Waals surface area contributed by atoms with E-state index in [4.69, 9.17) is 0 Å². The molecule has 1 atom stereocenters. The molecule has 1 aliphatic carbocycles. The Bertz CT molecular complexity index is 410. The first kappa shape index (κ1) is 13.1. The molecule has 1 aromatic carbocycles. The molecule has 2 nitrogen and oxygen atoms in total. The summed E-state index contributed by atoms with van der Waals surface area (Å²) in [5.74, 6) is 0.344. The normalized spacial score (nSPS) is 19.7. The highest BCUT2D eigenvalue weighted by Gasteiger charge is 2.37. The minimum absolute atomic E-state index is 0.0198. The van der Waals surface area contributed by atoms with Gasteiger partial charge in [-0.05, 0) is 24.3 Å². The highest BCUT2D eigenvalue weighted by molar-refractivity contribution is 5.26. The van der Waals surface area contributed by atoms with E-state index in [-0.39, 0.29) is 11.6 Å². The lowest BCUT2D eigenvalue weighted by molar-refractivity contribution is 0.288. The van der Waals surface area contributed by atoms with Gasteiger partial charge in [-0.3, -0.25) is 5.32 Å². The van der Waals surface area contributed by atoms with E-state index >= 15 is 0 Å². The van der Waals surface area contributed by atoms with Gasteiger partial charge in [-0.25, -0.2) is 0 Å². The Morgan fingerprint density at radius 1 is 1.17 bits per heavy atom. The van der Waals surface area contributed by atoms with Crippen LogP contribution < -0.4 is 5.32 Å². The number of hydrogen-bond donors (Lipinski definition) is 1. The van der Waals surface area contributed by atoms with Crippen molar-refractivity contribution in [3.63, 3.8) is 0 Å². The second kappa shape index (κ2) is 5.54. The lowest BCUT2D eigenvalue weighted by atomic mass is 9.86. The maximum absolute atomic E-state index is 9.31. The molecule has 0 radical (unpaired) electrons. The van der Waals surface area contributed by atoms with E-state index in [1.54, 1.807) is 0 Å². The molecule has 0 bridgehead atoms. The van der Waals surface area contributed by atoms with Crippen molar-refractivity contribution in [2.24, 2.45) is 5.92 Å². The maximum atomic E-state index is 9.31. The highest BCUT2D eigenvalue weighted by Crippen LogP contribution is 2.39. The first-order valence-electron chi connectivity index (χ1n) is 6.91. The fraction of sp³-hybridized carbons (Fsp3) is 0.562. The van der Waals surface area contributed by atoms with E-state index in [0.717, 1.165) is 12.8 Å². The monoisotopic (exact) mass is 242 g/mol. The summed E-state index contributed by atoms with van der Waals surface area (Å²) in [6.07, 6.45) is 4.78. The minimum atomic E-state index is -0.0664. The standard InChI is InChI=1S/C16H22N2/c1-13(2)15(12-17)18-16(10-6-7-11-16)14-8-4-3-5-9-14/h3-5,8-9,13,15,18H,6-7,10-11H2,1-2H3. The summed E-state index contributed by atoms with van der Waals surface area (Å²) in [6, 6.07) is 13.0. The highest BCUT2D eigenvalue weighted by atomic mass is 15.0. The van der Waals surface area contributed by atoms with Gasteiger partial charge in [0.05, 0.1) is 12.1 Å². The van der Waals surface area contributed by atoms with E-state index in [9.17, 15) is 5.26 Å². The van der Waals surface area contributed by atoms with Crippen LogP contribution in [0.2, 0.25) is 0 Å². The third kappa shape index (κ3) is 2.57. The van der Waals surface area contributed by atoms with Crippen molar-refractivity contribution in [2.45, 2.75) is 51.1 Å². The largest absolute Gasteiger partial charge is 0.292 e. The van der Waals surface area contributed by atoms with Crippen LogP contribution in [0, 0.1) is 17.2 Å². The Morgan fingerprint density at radius 2 is 1.78 bits per heavy atom. The molecular weight excluding hydrogens is 220 g/mol. The SMILES string of the molecule is CC(C)C(C#N)NC1(c2ccccc2)CCCC1. The fourth-order valence-electron chi connectivity index (χ4n) is 2.90. The molecule has 1 aliphatic rings. The van der Waals surface area contributed by atoms with Crippen molar-refractivity contribution in [1.82, 2.24) is 5.32 Å². The van der Waals surface area contributed by atoms with Crippen molar-refractivity contribution in [3.8, 4) is 6.07 Å². The molecule has 0 saturated heterocycles. The Labute approximate surface area is 110 Å². The lowest BCUT2D eigenvalue weighted by Crippen LogP contribution is -2.47. The van der Waals surface area contributed by atoms with Crippen LogP contribution in [-0.4, -0.2) is 6.04 Å². The van der Waals surface area contributed by atoms with Crippen molar-refractivity contribution in [1.29, 1.82) is 5.26 Å². The molecule has 1 N–H and O–H groups in total. The van der Waals surface area contributed by atoms with E-state index in [0.29, 0.717) is 5.92 Å². The first-order chi connectivity index (χ1) is 8.68. The molecule has 18 heavy (non-hydrogen) atoms. The molecule has 1 fully saturated rings. The van der Waals surface area contributed by atoms with Gasteiger partial charge in [0, 0.05) is 5.54 Å². The van der Waals surface area contributed by atoms with Gasteiger partial charge in [-0.2, -0.15) is 5.26 Å². The van der Waals surface area contributed by atoms with Gasteiger partial charge in [-0.15, -0.1) is 0 Å². The van der Waals surface area contributed by atoms with Crippen LogP contribution in [0.25, 0.3) is 0 Å². The van der Waals surface area contributed by atoms with Crippen LogP contribution in [-0.2, 0) is 5.54 Å². The summed E-state index contributed by atoms with van der Waals surface area (Å²) >= 11 is 0. The third-order valence-corrected chi connectivity index (χ3v) is 4.02. The third-order valence-electron chi connectivity index (χ3n) is 4.02. The Kier molecular flexibility index (Phi) is 4.04. The number of nitrogens with zero attached hydrogens (tertiary/aromatic N) is 1. The molecule has 0 aromatic heterocycles. The molecule has 1 unspecified atom stereocenters. The van der Waals surface area contributed by atoms with Gasteiger partial charge >= 0.3 is 0 Å². The van der Waals surface area contributed by atoms with E-state index < -0.39 is 0 Å². The summed E-state index contributed by atoms with van der Waals surface area (Å²) < 4.78 is 0. The molecule has 2 rings (SSSR count). The van der Waals surface area contributed by atoms with E-state index in [1.165, 1.54) is 18.4 Å². The molecule has 0 amide bonds. The van der Waals surface area contributed by atoms with Crippen LogP contribution in [0.3, 0.4) is 0 Å². The average molecular weight is 242 g/mol. The second-order valence-corrected chi connectivity index (χ2v) is 5.65. The number of benzene rings is 1. The van der Waals surface area contributed by atoms with Crippen molar-refractivity contribution >= 4 is 0 Å². The lowest BCUT2D eigenvalue weighted by Gasteiger charge is -2.34. The maximum Gasteiger partial charge on any atom is 0.0982 e. The van der Waals surface area contributed by atoms with Gasteiger partial charge in [0.2, 0.25) is 0 Å². The topological polar surface area (TPSA) is 35.8 Å². The zero-order valence-electron chi connectivity index (χ0n) is 11.3. The van der Waals surface area contributed by atoms with Gasteiger partial charge in [0.25, 0.3) is 0 Å². The number of rotatable bonds is 4. The molecule has 0 aliphatic heterocycles. The van der Waals surface area contributed by atoms with Crippen molar-refractivity contribution in [3.05, 3.63) is 35.9 Å². The summed E-state index contributed by atoms with van der Waals surface area (Å²) in [5.41, 5.74) is 1.36. The molecule has 0 spiro atoms. The Hall–Kier alpha value is -1.33. The quantitative estimate of drug-likeness (QED) is 0.875. The zero-order chi connectivity index (χ0) is 13.0. The van der Waals surface area contributed by atoms with Crippen molar-refractivity contribution < 1.29 is 0 Å². The molecule has 0 heterocycles. The summed E-state index contributed by atoms with van der Waals surface area (Å²) in [5, 5.41) is 12.9. The summed E-state index contributed by atoms with van der Waals surface area (Å²) in [7, 11) is 0. The van der Waals surface area contributed by atoms with Gasteiger partial charge in [-0.1, -0.05) is 57.0 Å². The molecule has 2 heteroatoms. The van der Waals surface area contributed by atoms with Crippen LogP contribution in [0.1, 0.15) is 45.1 Å². The zero-order valence-corrected chi connectivity index (χ0v) is 11.3. The van der Waals surface area contributed by atoms with Gasteiger partial charge < -0.3 is 0 Å². The van der Waals surface area contributed by atoms with Crippen molar-refractivity contribution in [2.75, 3.05) is 0 Å². The fourth-order valence-corrected chi connectivity index (χ4v) is 2.90. The van der Waals surface area contributed by atoms with E-state index in [2.05, 4.69) is 55.6 Å². The predicted molar refractivity (Wildman–Crippen MR) is 74.0 cm³/mol. The Balaban J connectivity index is 2.26. The summed E-state index contributed by atoms with van der Waals surface area (Å²) in [4.78, 5) is 0. The van der Waals surface area contributed by atoms with Crippen LogP contribution in [0.5, 0.6) is 0 Å². The van der Waals surface area contributed by atoms with Gasteiger partial charge in [0.15, 0.2) is 0 Å². The molecule has 1 aromatic rings. The smallest absolute Gasteiger partial charge is 0.0982 e. The number of nitriles is 1. The first-order valence-corrected chi connectivity index (χ1v) is 6.91. The molecule has 1 saturated carbocycles. The second-order valence-electron chi connectivity index (χ2n) is 5.65. The van der Waals surface area contributed by atoms with Crippen LogP contribution in [0.4, 0.5) is 0 Å². The Morgan fingerprint density at radius 3 is 2.28 bits per heavy atom. The average Bonchev–Trinajstić information content (AvgIpc) is 2.86. The van der Waals surface area contributed by atoms with Crippen LogP contribution in [0.15, 0.2) is 30.3 Å². The van der Waals surface area contributed by atoms with Crippen LogP contribution >= 0.6 is 0 Å². The minimum Gasteiger partial charge on any atom is -0.292 e.